The van der Waals surface area contributed by atoms with Gasteiger partial charge in [-0.25, -0.2) is 0 Å². The highest BCUT2D eigenvalue weighted by Crippen LogP contribution is 2.20. The molecule has 1 aliphatic heterocycles. The van der Waals surface area contributed by atoms with Crippen LogP contribution in [0.25, 0.3) is 10.9 Å². The second-order valence-electron chi connectivity index (χ2n) is 7.31. The number of nitrogens with zero attached hydrogens (tertiary/aromatic N) is 3. The van der Waals surface area contributed by atoms with Crippen molar-refractivity contribution in [1.29, 1.82) is 0 Å². The average molecular weight is 410 g/mol. The van der Waals surface area contributed by atoms with Gasteiger partial charge in [0.2, 0.25) is 0 Å². The molecule has 150 valence electrons. The van der Waals surface area contributed by atoms with E-state index in [4.69, 9.17) is 16.3 Å². The fourth-order valence-electron chi connectivity index (χ4n) is 3.69. The van der Waals surface area contributed by atoms with Crippen molar-refractivity contribution in [3.63, 3.8) is 0 Å². The maximum atomic E-state index is 12.8. The normalized spacial score (nSPS) is 16.0. The maximum Gasteiger partial charge on any atom is 0.263 e. The highest BCUT2D eigenvalue weighted by Gasteiger charge is 2.26. The van der Waals surface area contributed by atoms with Crippen LogP contribution in [0.2, 0.25) is 5.02 Å². The number of ether oxygens (including phenoxy) is 1. The highest BCUT2D eigenvalue weighted by molar-refractivity contribution is 6.30. The van der Waals surface area contributed by atoms with E-state index < -0.39 is 6.10 Å². The van der Waals surface area contributed by atoms with Crippen LogP contribution >= 0.6 is 11.6 Å². The van der Waals surface area contributed by atoms with E-state index in [9.17, 15) is 4.79 Å². The number of piperazine rings is 1. The van der Waals surface area contributed by atoms with Gasteiger partial charge in [0.25, 0.3) is 5.91 Å². The van der Waals surface area contributed by atoms with E-state index in [0.29, 0.717) is 23.9 Å². The summed E-state index contributed by atoms with van der Waals surface area (Å²) in [5.74, 6) is 0.670. The van der Waals surface area contributed by atoms with Gasteiger partial charge in [-0.05, 0) is 42.8 Å². The number of hydrogen-bond acceptors (Lipinski definition) is 4. The number of carbonyl (C=O) groups is 1. The minimum Gasteiger partial charge on any atom is -0.481 e. The van der Waals surface area contributed by atoms with Gasteiger partial charge in [0.15, 0.2) is 6.10 Å². The van der Waals surface area contributed by atoms with E-state index in [1.807, 2.05) is 17.2 Å². The summed E-state index contributed by atoms with van der Waals surface area (Å²) in [5.41, 5.74) is 2.28. The summed E-state index contributed by atoms with van der Waals surface area (Å²) in [5, 5.41) is 1.81. The Hall–Kier alpha value is -2.63. The number of halogens is 1. The zero-order chi connectivity index (χ0) is 20.2. The van der Waals surface area contributed by atoms with Gasteiger partial charge in [-0.2, -0.15) is 0 Å². The summed E-state index contributed by atoms with van der Waals surface area (Å²) < 4.78 is 5.78. The molecule has 29 heavy (non-hydrogen) atoms. The minimum atomic E-state index is -0.523. The number of amides is 1. The Labute approximate surface area is 175 Å². The number of aromatic nitrogens is 1. The van der Waals surface area contributed by atoms with Crippen molar-refractivity contribution >= 4 is 28.4 Å². The molecule has 1 aromatic heterocycles. The van der Waals surface area contributed by atoms with Crippen LogP contribution < -0.4 is 4.74 Å². The maximum absolute atomic E-state index is 12.8. The first-order valence-electron chi connectivity index (χ1n) is 9.86. The van der Waals surface area contributed by atoms with Crippen LogP contribution in [0.5, 0.6) is 5.75 Å². The van der Waals surface area contributed by atoms with Crippen molar-refractivity contribution in [2.75, 3.05) is 26.2 Å². The predicted octanol–water partition coefficient (Wildman–Crippen LogP) is 4.00. The van der Waals surface area contributed by atoms with Crippen molar-refractivity contribution in [2.45, 2.75) is 19.6 Å². The number of para-hydroxylation sites is 1. The molecule has 0 spiro atoms. The fourth-order valence-corrected chi connectivity index (χ4v) is 3.81. The molecule has 4 rings (SSSR count). The van der Waals surface area contributed by atoms with Gasteiger partial charge >= 0.3 is 0 Å². The van der Waals surface area contributed by atoms with Crippen LogP contribution in [0, 0.1) is 0 Å². The van der Waals surface area contributed by atoms with Crippen LogP contribution in [0.4, 0.5) is 0 Å². The van der Waals surface area contributed by atoms with E-state index in [-0.39, 0.29) is 5.91 Å². The first kappa shape index (κ1) is 19.7. The molecule has 5 nitrogen and oxygen atoms in total. The van der Waals surface area contributed by atoms with Gasteiger partial charge in [-0.3, -0.25) is 14.7 Å². The largest absolute Gasteiger partial charge is 0.481 e. The van der Waals surface area contributed by atoms with E-state index in [2.05, 4.69) is 34.1 Å². The second-order valence-corrected chi connectivity index (χ2v) is 7.74. The van der Waals surface area contributed by atoms with Gasteiger partial charge in [0.05, 0.1) is 5.52 Å². The molecule has 6 heteroatoms. The molecule has 2 heterocycles. The van der Waals surface area contributed by atoms with Crippen molar-refractivity contribution in [1.82, 2.24) is 14.8 Å². The average Bonchev–Trinajstić information content (AvgIpc) is 2.75. The first-order valence-corrected chi connectivity index (χ1v) is 10.2. The highest BCUT2D eigenvalue weighted by atomic mass is 35.5. The Morgan fingerprint density at radius 2 is 1.79 bits per heavy atom. The van der Waals surface area contributed by atoms with Gasteiger partial charge in [0.1, 0.15) is 5.75 Å². The third-order valence-electron chi connectivity index (χ3n) is 5.27. The van der Waals surface area contributed by atoms with E-state index in [0.717, 1.165) is 30.5 Å². The lowest BCUT2D eigenvalue weighted by Crippen LogP contribution is -2.51. The zero-order valence-electron chi connectivity index (χ0n) is 16.4. The number of hydrogen-bond donors (Lipinski definition) is 0. The number of pyridine rings is 1. The molecule has 0 saturated carbocycles. The van der Waals surface area contributed by atoms with Crippen LogP contribution in [0.1, 0.15) is 12.5 Å². The summed E-state index contributed by atoms with van der Waals surface area (Å²) in [6.45, 7) is 5.71. The van der Waals surface area contributed by atoms with E-state index >= 15 is 0 Å². The van der Waals surface area contributed by atoms with Gasteiger partial charge in [-0.1, -0.05) is 35.9 Å². The van der Waals surface area contributed by atoms with Gasteiger partial charge in [-0.15, -0.1) is 0 Å². The van der Waals surface area contributed by atoms with Crippen molar-refractivity contribution in [3.8, 4) is 5.75 Å². The molecular formula is C23H24ClN3O2. The number of benzene rings is 2. The molecule has 1 atom stereocenters. The molecule has 1 aliphatic rings. The third-order valence-corrected chi connectivity index (χ3v) is 5.52. The summed E-state index contributed by atoms with van der Waals surface area (Å²) in [7, 11) is 0. The van der Waals surface area contributed by atoms with E-state index in [1.165, 1.54) is 5.56 Å². The molecule has 0 N–H and O–H groups in total. The Kier molecular flexibility index (Phi) is 5.97. The third kappa shape index (κ3) is 4.69. The Bertz CT molecular complexity index is 980. The monoisotopic (exact) mass is 409 g/mol. The molecule has 0 radical (unpaired) electrons. The second kappa shape index (κ2) is 8.80. The number of fused-ring (bicyclic) bond motifs is 1. The zero-order valence-corrected chi connectivity index (χ0v) is 17.2. The molecule has 1 saturated heterocycles. The van der Waals surface area contributed by atoms with Crippen molar-refractivity contribution in [2.24, 2.45) is 0 Å². The lowest BCUT2D eigenvalue weighted by atomic mass is 10.1. The summed E-state index contributed by atoms with van der Waals surface area (Å²) in [6.07, 6.45) is 1.31. The Morgan fingerprint density at radius 1 is 1.07 bits per heavy atom. The lowest BCUT2D eigenvalue weighted by Gasteiger charge is -2.36. The smallest absolute Gasteiger partial charge is 0.263 e. The first-order chi connectivity index (χ1) is 14.1. The quantitative estimate of drug-likeness (QED) is 0.639. The molecule has 2 aromatic carbocycles. The number of rotatable bonds is 5. The SMILES string of the molecule is CC(Oc1ccc(Cl)cc1)C(=O)N1CCN(Cc2cccc3cccnc23)CC1. The molecule has 0 bridgehead atoms. The minimum absolute atomic E-state index is 0.0198. The van der Waals surface area contributed by atoms with Crippen molar-refractivity contribution in [3.05, 3.63) is 71.4 Å². The van der Waals surface area contributed by atoms with Gasteiger partial charge in [0, 0.05) is 49.3 Å². The molecule has 1 unspecified atom stereocenters. The summed E-state index contributed by atoms with van der Waals surface area (Å²) in [6, 6.07) is 17.4. The Morgan fingerprint density at radius 3 is 2.55 bits per heavy atom. The molecular weight excluding hydrogens is 386 g/mol. The fraction of sp³-hybridized carbons (Fsp3) is 0.304. The van der Waals surface area contributed by atoms with Crippen LogP contribution in [-0.2, 0) is 11.3 Å². The molecule has 1 amide bonds. The lowest BCUT2D eigenvalue weighted by molar-refractivity contribution is -0.139. The standard InChI is InChI=1S/C23H24ClN3O2/c1-17(29-21-9-7-20(24)8-10-21)23(28)27-14-12-26(13-15-27)16-19-5-2-4-18-6-3-11-25-22(18)19/h2-11,17H,12-16H2,1H3. The van der Waals surface area contributed by atoms with Crippen LogP contribution in [0.15, 0.2) is 60.8 Å². The molecule has 0 aliphatic carbocycles. The van der Waals surface area contributed by atoms with Crippen LogP contribution in [0.3, 0.4) is 0 Å². The van der Waals surface area contributed by atoms with E-state index in [1.54, 1.807) is 31.2 Å². The summed E-state index contributed by atoms with van der Waals surface area (Å²) >= 11 is 5.90. The summed E-state index contributed by atoms with van der Waals surface area (Å²) in [4.78, 5) is 21.6. The van der Waals surface area contributed by atoms with Crippen molar-refractivity contribution < 1.29 is 9.53 Å². The topological polar surface area (TPSA) is 45.7 Å². The van der Waals surface area contributed by atoms with Gasteiger partial charge < -0.3 is 9.64 Å². The molecule has 1 fully saturated rings. The van der Waals surface area contributed by atoms with Crippen LogP contribution in [-0.4, -0.2) is 53.0 Å². The Balaban J connectivity index is 1.32. The number of carbonyl (C=O) groups excluding carboxylic acids is 1. The predicted molar refractivity (Wildman–Crippen MR) is 115 cm³/mol. The molecule has 3 aromatic rings.